The number of carbonyl (C=O) groups is 3. The number of imide groups is 1. The summed E-state index contributed by atoms with van der Waals surface area (Å²) in [6, 6.07) is 10.8. The van der Waals surface area contributed by atoms with Gasteiger partial charge in [0.1, 0.15) is 11.8 Å². The van der Waals surface area contributed by atoms with E-state index in [4.69, 9.17) is 9.29 Å². The molecular weight excluding hydrogens is 486 g/mol. The molecule has 6 rings (SSSR count). The molecule has 3 N–H and O–H groups in total. The molecule has 4 heterocycles. The van der Waals surface area contributed by atoms with Crippen LogP contribution in [-0.4, -0.2) is 61.3 Å². The van der Waals surface area contributed by atoms with Gasteiger partial charge in [0.15, 0.2) is 0 Å². The van der Waals surface area contributed by atoms with Crippen molar-refractivity contribution in [1.29, 1.82) is 0 Å². The Bertz CT molecular complexity index is 1320. The average molecular weight is 514 g/mol. The monoisotopic (exact) mass is 513 g/mol. The Morgan fingerprint density at radius 2 is 1.75 bits per heavy atom. The van der Waals surface area contributed by atoms with Crippen molar-refractivity contribution in [1.82, 2.24) is 15.5 Å². The van der Waals surface area contributed by atoms with Gasteiger partial charge in [-0.3, -0.25) is 24.3 Å². The van der Waals surface area contributed by atoms with E-state index in [0.29, 0.717) is 25.1 Å². The number of rotatable bonds is 2. The van der Waals surface area contributed by atoms with Crippen LogP contribution in [0.25, 0.3) is 0 Å². The second-order valence-corrected chi connectivity index (χ2v) is 10.9. The minimum atomic E-state index is -4.00. The van der Waals surface area contributed by atoms with E-state index in [1.54, 1.807) is 23.1 Å². The van der Waals surface area contributed by atoms with Crippen LogP contribution in [0.4, 0.5) is 0 Å². The Morgan fingerprint density at radius 3 is 2.39 bits per heavy atom. The molecule has 36 heavy (non-hydrogen) atoms. The molecular formula is C25H27N3O7S. The van der Waals surface area contributed by atoms with Crippen LogP contribution in [0.5, 0.6) is 5.75 Å². The maximum atomic E-state index is 12.9. The Hall–Kier alpha value is -3.28. The molecule has 0 aromatic heterocycles. The molecule has 2 fully saturated rings. The molecule has 1 spiro atoms. The zero-order chi connectivity index (χ0) is 25.5. The summed E-state index contributed by atoms with van der Waals surface area (Å²) in [6.07, 6.45) is 2.71. The highest BCUT2D eigenvalue weighted by Crippen LogP contribution is 2.48. The van der Waals surface area contributed by atoms with Gasteiger partial charge in [-0.2, -0.15) is 8.42 Å². The molecule has 0 radical (unpaired) electrons. The molecule has 2 aromatic carbocycles. The predicted octanol–water partition coefficient (Wildman–Crippen LogP) is 1.39. The molecule has 4 aliphatic rings. The van der Waals surface area contributed by atoms with Gasteiger partial charge in [-0.25, -0.2) is 0 Å². The van der Waals surface area contributed by atoms with Crippen molar-refractivity contribution in [3.05, 3.63) is 59.2 Å². The second kappa shape index (κ2) is 9.30. The van der Waals surface area contributed by atoms with Gasteiger partial charge < -0.3 is 15.0 Å². The summed E-state index contributed by atoms with van der Waals surface area (Å²) in [6.45, 7) is 2.98. The first kappa shape index (κ1) is 24.4. The maximum Gasteiger partial charge on any atom is 0.294 e. The molecule has 1 atom stereocenters. The largest absolute Gasteiger partial charge is 0.492 e. The quantitative estimate of drug-likeness (QED) is 0.404. The minimum absolute atomic E-state index is 0.0424. The molecule has 0 aliphatic carbocycles. The first-order valence-corrected chi connectivity index (χ1v) is 13.3. The topological polar surface area (TPSA) is 142 Å². The fraction of sp³-hybridized carbons (Fsp3) is 0.400. The molecule has 2 aromatic rings. The molecule has 190 valence electrons. The van der Waals surface area contributed by atoms with Gasteiger partial charge >= 0.3 is 0 Å². The number of ether oxygens (including phenoxy) is 1. The molecule has 0 saturated carbocycles. The number of amides is 3. The zero-order valence-electron chi connectivity index (χ0n) is 19.5. The lowest BCUT2D eigenvalue weighted by Crippen LogP contribution is -2.52. The average Bonchev–Trinajstić information content (AvgIpc) is 3.38. The van der Waals surface area contributed by atoms with E-state index >= 15 is 0 Å². The first-order chi connectivity index (χ1) is 17.2. The SMILES string of the molecule is O=C1CC[C@H](N2Cc3c(ccc4c3OCC43CCNCC3)C2=O)C(=O)N1.O=S(=O)(O)c1ccccc1. The third kappa shape index (κ3) is 4.38. The minimum Gasteiger partial charge on any atom is -0.492 e. The molecule has 0 unspecified atom stereocenters. The van der Waals surface area contributed by atoms with Crippen LogP contribution in [0.2, 0.25) is 0 Å². The second-order valence-electron chi connectivity index (χ2n) is 9.48. The third-order valence-electron chi connectivity index (χ3n) is 7.33. The number of benzene rings is 2. The van der Waals surface area contributed by atoms with E-state index in [2.05, 4.69) is 10.6 Å². The van der Waals surface area contributed by atoms with Gasteiger partial charge in [-0.05, 0) is 50.6 Å². The Kier molecular flexibility index (Phi) is 6.31. The Morgan fingerprint density at radius 1 is 1.03 bits per heavy atom. The summed E-state index contributed by atoms with van der Waals surface area (Å²) in [5, 5.41) is 5.74. The van der Waals surface area contributed by atoms with Gasteiger partial charge in [0.05, 0.1) is 18.0 Å². The van der Waals surface area contributed by atoms with Crippen LogP contribution >= 0.6 is 0 Å². The lowest BCUT2D eigenvalue weighted by molar-refractivity contribution is -0.136. The highest BCUT2D eigenvalue weighted by Gasteiger charge is 2.46. The molecule has 10 nitrogen and oxygen atoms in total. The molecule has 11 heteroatoms. The fourth-order valence-corrected chi connectivity index (χ4v) is 5.90. The Labute approximate surface area is 208 Å². The zero-order valence-corrected chi connectivity index (χ0v) is 20.3. The molecule has 3 amide bonds. The van der Waals surface area contributed by atoms with Gasteiger partial charge in [-0.15, -0.1) is 0 Å². The van der Waals surface area contributed by atoms with Crippen molar-refractivity contribution < 1.29 is 32.1 Å². The summed E-state index contributed by atoms with van der Waals surface area (Å²) in [5.41, 5.74) is 2.77. The van der Waals surface area contributed by atoms with E-state index in [9.17, 15) is 22.8 Å². The van der Waals surface area contributed by atoms with Gasteiger partial charge in [-0.1, -0.05) is 24.3 Å². The van der Waals surface area contributed by atoms with E-state index in [0.717, 1.165) is 37.2 Å². The summed E-state index contributed by atoms with van der Waals surface area (Å²) in [7, 11) is -4.00. The van der Waals surface area contributed by atoms with Gasteiger partial charge in [0, 0.05) is 28.5 Å². The van der Waals surface area contributed by atoms with Crippen molar-refractivity contribution in [2.45, 2.75) is 48.6 Å². The standard InChI is InChI=1S/C19H21N3O4.C6H6O3S/c23-15-4-3-14(17(24)21-15)22-9-12-11(18(22)25)1-2-13-16(12)26-10-19(13)5-7-20-8-6-19;7-10(8,9)6-4-2-1-3-5-6/h1-2,14,20H,3-10H2,(H,21,23,24);1-5H,(H,7,8,9)/t14-;/m0./s1. The number of piperidine rings is 2. The number of hydrogen-bond acceptors (Lipinski definition) is 7. The van der Waals surface area contributed by atoms with Crippen molar-refractivity contribution in [2.24, 2.45) is 0 Å². The number of nitrogens with one attached hydrogen (secondary N) is 2. The molecule has 4 aliphatic heterocycles. The normalized spacial score (nSPS) is 22.3. The molecule has 0 bridgehead atoms. The van der Waals surface area contributed by atoms with Crippen LogP contribution < -0.4 is 15.4 Å². The summed E-state index contributed by atoms with van der Waals surface area (Å²) < 4.78 is 35.3. The first-order valence-electron chi connectivity index (χ1n) is 11.9. The predicted molar refractivity (Wildman–Crippen MR) is 128 cm³/mol. The number of fused-ring (bicyclic) bond motifs is 4. The van der Waals surface area contributed by atoms with E-state index in [1.807, 2.05) is 12.1 Å². The summed E-state index contributed by atoms with van der Waals surface area (Å²) in [5.74, 6) is 0.0435. The summed E-state index contributed by atoms with van der Waals surface area (Å²) in [4.78, 5) is 38.0. The van der Waals surface area contributed by atoms with Gasteiger partial charge in [0.25, 0.3) is 16.0 Å². The van der Waals surface area contributed by atoms with E-state index in [1.165, 1.54) is 17.7 Å². The number of hydrogen-bond donors (Lipinski definition) is 3. The van der Waals surface area contributed by atoms with Crippen LogP contribution in [0.15, 0.2) is 47.4 Å². The van der Waals surface area contributed by atoms with Crippen LogP contribution in [0, 0.1) is 0 Å². The number of carbonyl (C=O) groups excluding carboxylic acids is 3. The summed E-state index contributed by atoms with van der Waals surface area (Å²) >= 11 is 0. The van der Waals surface area contributed by atoms with Crippen molar-refractivity contribution in [2.75, 3.05) is 19.7 Å². The van der Waals surface area contributed by atoms with Gasteiger partial charge in [0.2, 0.25) is 11.8 Å². The highest BCUT2D eigenvalue weighted by atomic mass is 32.2. The van der Waals surface area contributed by atoms with Crippen LogP contribution in [0.3, 0.4) is 0 Å². The van der Waals surface area contributed by atoms with E-state index in [-0.39, 0.29) is 34.5 Å². The molecule has 2 saturated heterocycles. The maximum absolute atomic E-state index is 12.9. The lowest BCUT2D eigenvalue weighted by atomic mass is 9.74. The van der Waals surface area contributed by atoms with Crippen LogP contribution in [-0.2, 0) is 31.7 Å². The third-order valence-corrected chi connectivity index (χ3v) is 8.20. The van der Waals surface area contributed by atoms with Crippen molar-refractivity contribution in [3.8, 4) is 5.75 Å². The highest BCUT2D eigenvalue weighted by molar-refractivity contribution is 7.85. The van der Waals surface area contributed by atoms with E-state index < -0.39 is 16.2 Å². The fourth-order valence-electron chi connectivity index (χ4n) is 5.40. The van der Waals surface area contributed by atoms with Crippen LogP contribution in [0.1, 0.15) is 47.2 Å². The smallest absolute Gasteiger partial charge is 0.294 e. The lowest BCUT2D eigenvalue weighted by Gasteiger charge is -2.32. The Balaban J connectivity index is 0.000000226. The van der Waals surface area contributed by atoms with Crippen molar-refractivity contribution >= 4 is 27.8 Å². The van der Waals surface area contributed by atoms with Crippen molar-refractivity contribution in [3.63, 3.8) is 0 Å². The number of nitrogens with zero attached hydrogens (tertiary/aromatic N) is 1.